The third kappa shape index (κ3) is 2.44. The minimum absolute atomic E-state index is 0.435. The highest BCUT2D eigenvalue weighted by Gasteiger charge is 2.11. The molecule has 0 aliphatic rings. The summed E-state index contributed by atoms with van der Waals surface area (Å²) in [6, 6.07) is 7.04. The highest BCUT2D eigenvalue weighted by Crippen LogP contribution is 2.28. The van der Waals surface area contributed by atoms with Gasteiger partial charge in [-0.15, -0.1) is 0 Å². The molecule has 0 aliphatic heterocycles. The second-order valence-electron chi connectivity index (χ2n) is 4.18. The number of halogens is 1. The second kappa shape index (κ2) is 5.26. The monoisotopic (exact) mass is 299 g/mol. The van der Waals surface area contributed by atoms with Gasteiger partial charge in [-0.25, -0.2) is 4.98 Å². The van der Waals surface area contributed by atoms with E-state index in [2.05, 4.69) is 36.6 Å². The third-order valence-corrected chi connectivity index (χ3v) is 3.19. The summed E-state index contributed by atoms with van der Waals surface area (Å²) < 4.78 is 0. The Morgan fingerprint density at radius 1 is 1.33 bits per heavy atom. The molecule has 3 aromatic rings. The Kier molecular flexibility index (Phi) is 3.30. The van der Waals surface area contributed by atoms with E-state index in [1.54, 1.807) is 25.2 Å². The van der Waals surface area contributed by atoms with Crippen molar-refractivity contribution in [2.24, 2.45) is 0 Å². The zero-order chi connectivity index (χ0) is 14.8. The van der Waals surface area contributed by atoms with Crippen LogP contribution >= 0.6 is 11.6 Å². The summed E-state index contributed by atoms with van der Waals surface area (Å²) in [6.45, 7) is 0. The average molecular weight is 300 g/mol. The van der Waals surface area contributed by atoms with Gasteiger partial charge in [0.15, 0.2) is 11.5 Å². The number of nitriles is 1. The Bertz CT molecular complexity index is 849. The van der Waals surface area contributed by atoms with Crippen molar-refractivity contribution in [1.29, 1.82) is 5.26 Å². The van der Waals surface area contributed by atoms with Crippen molar-refractivity contribution < 1.29 is 0 Å². The molecule has 2 heterocycles. The summed E-state index contributed by atoms with van der Waals surface area (Å²) in [7, 11) is 1.72. The van der Waals surface area contributed by atoms with Gasteiger partial charge >= 0.3 is 0 Å². The summed E-state index contributed by atoms with van der Waals surface area (Å²) in [5.41, 5.74) is 2.29. The number of aromatic nitrogens is 4. The molecule has 1 aromatic carbocycles. The van der Waals surface area contributed by atoms with E-state index in [0.717, 1.165) is 0 Å². The van der Waals surface area contributed by atoms with E-state index in [0.29, 0.717) is 39.2 Å². The lowest BCUT2D eigenvalue weighted by atomic mass is 10.2. The first-order chi connectivity index (χ1) is 10.2. The Hall–Kier alpha value is -2.85. The number of anilines is 3. The first-order valence-corrected chi connectivity index (χ1v) is 6.44. The zero-order valence-electron chi connectivity index (χ0n) is 11.0. The van der Waals surface area contributed by atoms with E-state index in [1.165, 1.54) is 6.33 Å². The fraction of sp³-hybridized carbons (Fsp3) is 0.0769. The maximum atomic E-state index is 8.97. The highest BCUT2D eigenvalue weighted by molar-refractivity contribution is 6.33. The van der Waals surface area contributed by atoms with Gasteiger partial charge < -0.3 is 15.6 Å². The molecule has 0 amide bonds. The van der Waals surface area contributed by atoms with Crippen LogP contribution in [-0.2, 0) is 0 Å². The van der Waals surface area contributed by atoms with Crippen molar-refractivity contribution in [3.05, 3.63) is 35.1 Å². The van der Waals surface area contributed by atoms with Crippen molar-refractivity contribution in [1.82, 2.24) is 19.9 Å². The maximum absolute atomic E-state index is 8.97. The average Bonchev–Trinajstić information content (AvgIpc) is 2.98. The van der Waals surface area contributed by atoms with Crippen molar-refractivity contribution >= 4 is 40.2 Å². The van der Waals surface area contributed by atoms with E-state index < -0.39 is 0 Å². The van der Waals surface area contributed by atoms with Crippen LogP contribution in [0.4, 0.5) is 17.5 Å². The number of nitrogens with zero attached hydrogens (tertiary/aromatic N) is 4. The number of imidazole rings is 1. The van der Waals surface area contributed by atoms with Crippen LogP contribution in [0, 0.1) is 11.3 Å². The molecular weight excluding hydrogens is 290 g/mol. The van der Waals surface area contributed by atoms with Gasteiger partial charge in [-0.3, -0.25) is 0 Å². The molecule has 0 saturated carbocycles. The van der Waals surface area contributed by atoms with E-state index in [-0.39, 0.29) is 0 Å². The van der Waals surface area contributed by atoms with Crippen molar-refractivity contribution in [3.63, 3.8) is 0 Å². The maximum Gasteiger partial charge on any atom is 0.226 e. The summed E-state index contributed by atoms with van der Waals surface area (Å²) in [4.78, 5) is 15.6. The van der Waals surface area contributed by atoms with Gasteiger partial charge in [-0.2, -0.15) is 15.2 Å². The van der Waals surface area contributed by atoms with Crippen molar-refractivity contribution in [3.8, 4) is 6.07 Å². The van der Waals surface area contributed by atoms with Crippen LogP contribution in [0.5, 0.6) is 0 Å². The topological polar surface area (TPSA) is 102 Å². The zero-order valence-corrected chi connectivity index (χ0v) is 11.7. The van der Waals surface area contributed by atoms with Crippen LogP contribution in [0.25, 0.3) is 11.2 Å². The van der Waals surface area contributed by atoms with E-state index in [1.807, 2.05) is 0 Å². The number of aromatic amines is 1. The Morgan fingerprint density at radius 2 is 2.19 bits per heavy atom. The van der Waals surface area contributed by atoms with Crippen molar-refractivity contribution in [2.45, 2.75) is 0 Å². The molecule has 0 bridgehead atoms. The van der Waals surface area contributed by atoms with Crippen LogP contribution in [-0.4, -0.2) is 27.0 Å². The molecule has 3 N–H and O–H groups in total. The predicted octanol–water partition coefficient (Wildman–Crippen LogP) is 2.66. The molecule has 0 saturated heterocycles. The molecule has 7 nitrogen and oxygen atoms in total. The number of benzene rings is 1. The number of hydrogen-bond acceptors (Lipinski definition) is 6. The molecule has 3 rings (SSSR count). The fourth-order valence-corrected chi connectivity index (χ4v) is 2.02. The Balaban J connectivity index is 2.09. The summed E-state index contributed by atoms with van der Waals surface area (Å²) in [6.07, 6.45) is 1.54. The first kappa shape index (κ1) is 13.1. The molecule has 0 atom stereocenters. The normalized spacial score (nSPS) is 10.3. The molecule has 104 valence electrons. The Morgan fingerprint density at radius 3 is 2.95 bits per heavy atom. The van der Waals surface area contributed by atoms with E-state index in [9.17, 15) is 0 Å². The molecule has 2 aromatic heterocycles. The molecule has 0 unspecified atom stereocenters. The van der Waals surface area contributed by atoms with Crippen LogP contribution < -0.4 is 10.6 Å². The van der Waals surface area contributed by atoms with Crippen LogP contribution in [0.1, 0.15) is 5.56 Å². The molecular formula is C13H10ClN7. The third-order valence-electron chi connectivity index (χ3n) is 2.86. The predicted molar refractivity (Wildman–Crippen MR) is 80.7 cm³/mol. The van der Waals surface area contributed by atoms with Crippen LogP contribution in [0.3, 0.4) is 0 Å². The summed E-state index contributed by atoms with van der Waals surface area (Å²) in [5, 5.41) is 15.4. The second-order valence-corrected chi connectivity index (χ2v) is 4.59. The van der Waals surface area contributed by atoms with Gasteiger partial charge in [-0.05, 0) is 18.2 Å². The molecule has 8 heteroatoms. The smallest absolute Gasteiger partial charge is 0.226 e. The molecule has 21 heavy (non-hydrogen) atoms. The number of fused-ring (bicyclic) bond motifs is 1. The number of rotatable bonds is 3. The molecule has 0 fully saturated rings. The highest BCUT2D eigenvalue weighted by atomic mass is 35.5. The fourth-order valence-electron chi connectivity index (χ4n) is 1.85. The first-order valence-electron chi connectivity index (χ1n) is 6.07. The van der Waals surface area contributed by atoms with Gasteiger partial charge in [0, 0.05) is 7.05 Å². The molecule has 0 spiro atoms. The van der Waals surface area contributed by atoms with Gasteiger partial charge in [0.1, 0.15) is 5.52 Å². The Labute approximate surface area is 125 Å². The van der Waals surface area contributed by atoms with Gasteiger partial charge in [-0.1, -0.05) is 11.6 Å². The minimum Gasteiger partial charge on any atom is -0.357 e. The number of H-pyrrole nitrogens is 1. The largest absolute Gasteiger partial charge is 0.357 e. The van der Waals surface area contributed by atoms with Crippen LogP contribution in [0.2, 0.25) is 5.02 Å². The number of hydrogen-bond donors (Lipinski definition) is 3. The SMILES string of the molecule is CNc1nc(Nc2cc(C#N)ccc2Cl)c2[nH]cnc2n1. The number of nitrogens with one attached hydrogen (secondary N) is 3. The summed E-state index contributed by atoms with van der Waals surface area (Å²) in [5.74, 6) is 0.962. The van der Waals surface area contributed by atoms with E-state index in [4.69, 9.17) is 16.9 Å². The quantitative estimate of drug-likeness (QED) is 0.687. The lowest BCUT2D eigenvalue weighted by Crippen LogP contribution is -2.02. The lowest BCUT2D eigenvalue weighted by Gasteiger charge is -2.09. The molecule has 0 aliphatic carbocycles. The summed E-state index contributed by atoms with van der Waals surface area (Å²) >= 11 is 6.15. The standard InChI is InChI=1S/C13H10ClN7/c1-16-13-20-11-10(17-6-18-11)12(21-13)19-9-4-7(5-15)2-3-8(9)14/h2-4,6H,1H3,(H3,16,17,18,19,20,21). The molecule has 0 radical (unpaired) electrons. The van der Waals surface area contributed by atoms with Crippen LogP contribution in [0.15, 0.2) is 24.5 Å². The van der Waals surface area contributed by atoms with Gasteiger partial charge in [0.2, 0.25) is 5.95 Å². The lowest BCUT2D eigenvalue weighted by molar-refractivity contribution is 1.18. The van der Waals surface area contributed by atoms with Crippen molar-refractivity contribution in [2.75, 3.05) is 17.7 Å². The van der Waals surface area contributed by atoms with Gasteiger partial charge in [0.05, 0.1) is 28.7 Å². The van der Waals surface area contributed by atoms with Gasteiger partial charge in [0.25, 0.3) is 0 Å². The minimum atomic E-state index is 0.435. The van der Waals surface area contributed by atoms with E-state index >= 15 is 0 Å².